The fourth-order valence-corrected chi connectivity index (χ4v) is 2.91. The number of aryl methyl sites for hydroxylation is 2. The van der Waals surface area contributed by atoms with Crippen LogP contribution in [0.5, 0.6) is 0 Å². The van der Waals surface area contributed by atoms with E-state index in [1.807, 2.05) is 12.1 Å². The van der Waals surface area contributed by atoms with E-state index in [4.69, 9.17) is 0 Å². The monoisotopic (exact) mass is 285 g/mol. The third kappa shape index (κ3) is 4.68. The molecular formula is C19H24FN. The highest BCUT2D eigenvalue weighted by Crippen LogP contribution is 2.15. The standard InChI is InChI=1S/C19H24FN/c1-4-21-18(13-17-7-5-6-8-19(17)20)12-16-10-14(2)9-15(3)11-16/h5-11,18,21H,4,12-13H2,1-3H3. The zero-order valence-corrected chi connectivity index (χ0v) is 13.1. The molecule has 2 heteroatoms. The van der Waals surface area contributed by atoms with E-state index in [0.29, 0.717) is 6.42 Å². The third-order valence-electron chi connectivity index (χ3n) is 3.68. The highest BCUT2D eigenvalue weighted by atomic mass is 19.1. The molecule has 1 atom stereocenters. The van der Waals surface area contributed by atoms with E-state index >= 15 is 0 Å². The molecule has 0 aliphatic carbocycles. The van der Waals surface area contributed by atoms with Crippen molar-refractivity contribution in [3.05, 3.63) is 70.5 Å². The lowest BCUT2D eigenvalue weighted by Crippen LogP contribution is -2.33. The molecule has 0 aliphatic heterocycles. The molecule has 2 aromatic carbocycles. The number of likely N-dealkylation sites (N-methyl/N-ethyl adjacent to an activating group) is 1. The first-order valence-corrected chi connectivity index (χ1v) is 7.62. The van der Waals surface area contributed by atoms with Crippen molar-refractivity contribution in [3.8, 4) is 0 Å². The second kappa shape index (κ2) is 7.37. The van der Waals surface area contributed by atoms with Crippen LogP contribution in [0.25, 0.3) is 0 Å². The Bertz CT molecular complexity index is 572. The molecule has 2 rings (SSSR count). The topological polar surface area (TPSA) is 12.0 Å². The molecular weight excluding hydrogens is 261 g/mol. The van der Waals surface area contributed by atoms with Crippen LogP contribution in [0.4, 0.5) is 4.39 Å². The minimum absolute atomic E-state index is 0.110. The van der Waals surface area contributed by atoms with Gasteiger partial charge in [0, 0.05) is 6.04 Å². The van der Waals surface area contributed by atoms with Crippen molar-refractivity contribution in [2.75, 3.05) is 6.54 Å². The van der Waals surface area contributed by atoms with Gasteiger partial charge in [-0.3, -0.25) is 0 Å². The Morgan fingerprint density at radius 2 is 1.67 bits per heavy atom. The van der Waals surface area contributed by atoms with Crippen molar-refractivity contribution in [3.63, 3.8) is 0 Å². The first kappa shape index (κ1) is 15.7. The zero-order valence-electron chi connectivity index (χ0n) is 13.1. The van der Waals surface area contributed by atoms with Crippen molar-refractivity contribution in [2.24, 2.45) is 0 Å². The molecule has 0 saturated carbocycles. The average molecular weight is 285 g/mol. The normalized spacial score (nSPS) is 12.4. The van der Waals surface area contributed by atoms with Gasteiger partial charge in [-0.2, -0.15) is 0 Å². The summed E-state index contributed by atoms with van der Waals surface area (Å²) in [5, 5.41) is 3.48. The summed E-state index contributed by atoms with van der Waals surface area (Å²) in [7, 11) is 0. The van der Waals surface area contributed by atoms with Crippen LogP contribution in [0.1, 0.15) is 29.2 Å². The summed E-state index contributed by atoms with van der Waals surface area (Å²) in [5.74, 6) is -0.110. The quantitative estimate of drug-likeness (QED) is 0.838. The van der Waals surface area contributed by atoms with Gasteiger partial charge in [-0.25, -0.2) is 4.39 Å². The van der Waals surface area contributed by atoms with E-state index < -0.39 is 0 Å². The third-order valence-corrected chi connectivity index (χ3v) is 3.68. The van der Waals surface area contributed by atoms with Gasteiger partial charge in [0.1, 0.15) is 5.82 Å². The summed E-state index contributed by atoms with van der Waals surface area (Å²) in [6.07, 6.45) is 1.64. The largest absolute Gasteiger partial charge is 0.314 e. The molecule has 112 valence electrons. The number of hydrogen-bond donors (Lipinski definition) is 1. The molecule has 0 aromatic heterocycles. The Labute approximate surface area is 127 Å². The molecule has 0 spiro atoms. The van der Waals surface area contributed by atoms with Crippen LogP contribution in [-0.2, 0) is 12.8 Å². The van der Waals surface area contributed by atoms with Gasteiger partial charge in [-0.15, -0.1) is 0 Å². The molecule has 0 heterocycles. The van der Waals surface area contributed by atoms with E-state index in [0.717, 1.165) is 18.5 Å². The average Bonchev–Trinajstić information content (AvgIpc) is 2.40. The van der Waals surface area contributed by atoms with Crippen LogP contribution >= 0.6 is 0 Å². The highest BCUT2D eigenvalue weighted by molar-refractivity contribution is 5.29. The summed E-state index contributed by atoms with van der Waals surface area (Å²) < 4.78 is 13.8. The number of hydrogen-bond acceptors (Lipinski definition) is 1. The molecule has 0 amide bonds. The Kier molecular flexibility index (Phi) is 5.51. The first-order chi connectivity index (χ1) is 10.1. The predicted molar refractivity (Wildman–Crippen MR) is 87.2 cm³/mol. The summed E-state index contributed by atoms with van der Waals surface area (Å²) in [6, 6.07) is 13.9. The van der Waals surface area contributed by atoms with Gasteiger partial charge in [0.2, 0.25) is 0 Å². The maximum Gasteiger partial charge on any atom is 0.126 e. The van der Waals surface area contributed by atoms with Crippen molar-refractivity contribution in [1.82, 2.24) is 5.32 Å². The summed E-state index contributed by atoms with van der Waals surface area (Å²) >= 11 is 0. The molecule has 0 bridgehead atoms. The second-order valence-corrected chi connectivity index (χ2v) is 5.75. The van der Waals surface area contributed by atoms with Crippen molar-refractivity contribution in [1.29, 1.82) is 0 Å². The number of nitrogens with one attached hydrogen (secondary N) is 1. The van der Waals surface area contributed by atoms with E-state index in [9.17, 15) is 4.39 Å². The number of halogens is 1. The lowest BCUT2D eigenvalue weighted by molar-refractivity contribution is 0.505. The Hall–Kier alpha value is -1.67. The van der Waals surface area contributed by atoms with Gasteiger partial charge in [0.15, 0.2) is 0 Å². The Morgan fingerprint density at radius 1 is 1.00 bits per heavy atom. The fraction of sp³-hybridized carbons (Fsp3) is 0.368. The maximum absolute atomic E-state index is 13.8. The minimum atomic E-state index is -0.110. The molecule has 1 N–H and O–H groups in total. The molecule has 1 unspecified atom stereocenters. The van der Waals surface area contributed by atoms with Crippen LogP contribution in [0.15, 0.2) is 42.5 Å². The van der Waals surface area contributed by atoms with E-state index in [1.54, 1.807) is 6.07 Å². The van der Waals surface area contributed by atoms with Crippen molar-refractivity contribution < 1.29 is 4.39 Å². The highest BCUT2D eigenvalue weighted by Gasteiger charge is 2.12. The number of benzene rings is 2. The lowest BCUT2D eigenvalue weighted by Gasteiger charge is -2.19. The van der Waals surface area contributed by atoms with Gasteiger partial charge in [0.25, 0.3) is 0 Å². The van der Waals surface area contributed by atoms with Gasteiger partial charge in [-0.05, 0) is 50.4 Å². The zero-order chi connectivity index (χ0) is 15.2. The van der Waals surface area contributed by atoms with E-state index in [1.165, 1.54) is 22.8 Å². The SMILES string of the molecule is CCNC(Cc1cc(C)cc(C)c1)Cc1ccccc1F. The van der Waals surface area contributed by atoms with Gasteiger partial charge < -0.3 is 5.32 Å². The van der Waals surface area contributed by atoms with E-state index in [-0.39, 0.29) is 11.9 Å². The smallest absolute Gasteiger partial charge is 0.126 e. The van der Waals surface area contributed by atoms with Gasteiger partial charge in [0.05, 0.1) is 0 Å². The second-order valence-electron chi connectivity index (χ2n) is 5.75. The summed E-state index contributed by atoms with van der Waals surface area (Å²) in [6.45, 7) is 7.23. The molecule has 21 heavy (non-hydrogen) atoms. The van der Waals surface area contributed by atoms with Crippen LogP contribution < -0.4 is 5.32 Å². The molecule has 1 nitrogen and oxygen atoms in total. The van der Waals surface area contributed by atoms with Crippen LogP contribution in [0.3, 0.4) is 0 Å². The predicted octanol–water partition coefficient (Wildman–Crippen LogP) is 4.21. The summed E-state index contributed by atoms with van der Waals surface area (Å²) in [4.78, 5) is 0. The van der Waals surface area contributed by atoms with Crippen LogP contribution in [0.2, 0.25) is 0 Å². The first-order valence-electron chi connectivity index (χ1n) is 7.62. The number of rotatable bonds is 6. The maximum atomic E-state index is 13.8. The van der Waals surface area contributed by atoms with E-state index in [2.05, 4.69) is 44.3 Å². The molecule has 0 radical (unpaired) electrons. The minimum Gasteiger partial charge on any atom is -0.314 e. The molecule has 2 aromatic rings. The Morgan fingerprint density at radius 3 is 2.29 bits per heavy atom. The summed E-state index contributed by atoms with van der Waals surface area (Å²) in [5.41, 5.74) is 4.67. The van der Waals surface area contributed by atoms with Crippen LogP contribution in [-0.4, -0.2) is 12.6 Å². The molecule has 0 saturated heterocycles. The Balaban J connectivity index is 2.13. The van der Waals surface area contributed by atoms with Gasteiger partial charge in [-0.1, -0.05) is 54.4 Å². The van der Waals surface area contributed by atoms with Crippen LogP contribution in [0, 0.1) is 19.7 Å². The van der Waals surface area contributed by atoms with Gasteiger partial charge >= 0.3 is 0 Å². The van der Waals surface area contributed by atoms with Crippen molar-refractivity contribution in [2.45, 2.75) is 39.7 Å². The fourth-order valence-electron chi connectivity index (χ4n) is 2.91. The molecule has 0 aliphatic rings. The lowest BCUT2D eigenvalue weighted by atomic mass is 9.96. The molecule has 0 fully saturated rings. The van der Waals surface area contributed by atoms with Crippen molar-refractivity contribution >= 4 is 0 Å².